The maximum Gasteiger partial charge on any atom is 0.187 e. The van der Waals surface area contributed by atoms with Crippen molar-refractivity contribution in [1.29, 1.82) is 0 Å². The molecule has 0 atom stereocenters. The Morgan fingerprint density at radius 1 is 1.19 bits per heavy atom. The summed E-state index contributed by atoms with van der Waals surface area (Å²) in [6.45, 7) is 6.89. The zero-order valence-electron chi connectivity index (χ0n) is 15.1. The fraction of sp³-hybridized carbons (Fsp3) is 0.200. The van der Waals surface area contributed by atoms with Crippen LogP contribution in [-0.2, 0) is 6.61 Å². The Balaban J connectivity index is 2.01. The highest BCUT2D eigenvalue weighted by Gasteiger charge is 2.07. The van der Waals surface area contributed by atoms with Gasteiger partial charge >= 0.3 is 0 Å². The van der Waals surface area contributed by atoms with Crippen LogP contribution in [0.3, 0.4) is 0 Å². The van der Waals surface area contributed by atoms with Crippen LogP contribution >= 0.6 is 12.2 Å². The molecule has 142 valence electrons. The van der Waals surface area contributed by atoms with E-state index in [-0.39, 0.29) is 5.82 Å². The van der Waals surface area contributed by atoms with Gasteiger partial charge in [0.05, 0.1) is 12.8 Å². The van der Waals surface area contributed by atoms with E-state index in [9.17, 15) is 4.39 Å². The number of nitrogens with one attached hydrogen (secondary N) is 2. The molecule has 27 heavy (non-hydrogen) atoms. The third-order valence-electron chi connectivity index (χ3n) is 3.36. The van der Waals surface area contributed by atoms with E-state index in [4.69, 9.17) is 21.7 Å². The summed E-state index contributed by atoms with van der Waals surface area (Å²) >= 11 is 5.06. The van der Waals surface area contributed by atoms with Gasteiger partial charge in [-0.3, -0.25) is 5.43 Å². The molecule has 0 spiro atoms. The van der Waals surface area contributed by atoms with Gasteiger partial charge in [0.25, 0.3) is 0 Å². The van der Waals surface area contributed by atoms with E-state index in [1.165, 1.54) is 12.1 Å². The van der Waals surface area contributed by atoms with E-state index in [0.29, 0.717) is 36.4 Å². The lowest BCUT2D eigenvalue weighted by Gasteiger charge is -2.12. The second kappa shape index (κ2) is 10.9. The van der Waals surface area contributed by atoms with E-state index >= 15 is 0 Å². The first-order valence-electron chi connectivity index (χ1n) is 8.44. The quantitative estimate of drug-likeness (QED) is 0.297. The fourth-order valence-corrected chi connectivity index (χ4v) is 2.24. The molecule has 7 heteroatoms. The van der Waals surface area contributed by atoms with Gasteiger partial charge in [-0.25, -0.2) is 4.39 Å². The standard InChI is InChI=1S/C20H22FN3O2S/c1-3-11-22-20(27)24-23-13-16-7-10-18(19(12-16)25-4-2)26-14-15-5-8-17(21)9-6-15/h3,5-10,12-13H,1,4,11,14H2,2H3,(H2,22,24,27). The SMILES string of the molecule is C=CCNC(=S)NN=Cc1ccc(OCc2ccc(F)cc2)c(OCC)c1. The third kappa shape index (κ3) is 7.07. The molecular weight excluding hydrogens is 365 g/mol. The maximum absolute atomic E-state index is 13.0. The number of halogens is 1. The van der Waals surface area contributed by atoms with Crippen LogP contribution in [0.4, 0.5) is 4.39 Å². The molecule has 0 aliphatic heterocycles. The van der Waals surface area contributed by atoms with E-state index in [1.54, 1.807) is 24.4 Å². The van der Waals surface area contributed by atoms with Crippen molar-refractivity contribution in [2.45, 2.75) is 13.5 Å². The third-order valence-corrected chi connectivity index (χ3v) is 3.60. The maximum atomic E-state index is 13.0. The Morgan fingerprint density at radius 2 is 1.96 bits per heavy atom. The normalized spacial score (nSPS) is 10.4. The Morgan fingerprint density at radius 3 is 2.67 bits per heavy atom. The number of rotatable bonds is 9. The molecule has 0 heterocycles. The molecule has 2 N–H and O–H groups in total. The highest BCUT2D eigenvalue weighted by atomic mass is 32.1. The highest BCUT2D eigenvalue weighted by molar-refractivity contribution is 7.80. The van der Waals surface area contributed by atoms with Gasteiger partial charge in [-0.05, 0) is 60.6 Å². The lowest BCUT2D eigenvalue weighted by atomic mass is 10.2. The lowest BCUT2D eigenvalue weighted by molar-refractivity contribution is 0.269. The van der Waals surface area contributed by atoms with Crippen LogP contribution in [0.25, 0.3) is 0 Å². The van der Waals surface area contributed by atoms with E-state index in [1.807, 2.05) is 25.1 Å². The van der Waals surface area contributed by atoms with Crippen LogP contribution in [-0.4, -0.2) is 24.5 Å². The van der Waals surface area contributed by atoms with E-state index < -0.39 is 0 Å². The fourth-order valence-electron chi connectivity index (χ4n) is 2.10. The van der Waals surface area contributed by atoms with Gasteiger partial charge in [0, 0.05) is 6.54 Å². The number of hydrazone groups is 1. The van der Waals surface area contributed by atoms with Crippen molar-refractivity contribution < 1.29 is 13.9 Å². The van der Waals surface area contributed by atoms with Crippen molar-refractivity contribution in [3.63, 3.8) is 0 Å². The molecule has 0 fully saturated rings. The minimum atomic E-state index is -0.273. The van der Waals surface area contributed by atoms with Crippen LogP contribution in [0.1, 0.15) is 18.1 Å². The average molecular weight is 387 g/mol. The molecule has 0 aromatic heterocycles. The zero-order valence-corrected chi connectivity index (χ0v) is 15.9. The van der Waals surface area contributed by atoms with Crippen molar-refractivity contribution in [2.75, 3.05) is 13.2 Å². The molecule has 0 radical (unpaired) electrons. The summed E-state index contributed by atoms with van der Waals surface area (Å²) in [5.41, 5.74) is 4.42. The van der Waals surface area contributed by atoms with Crippen molar-refractivity contribution in [2.24, 2.45) is 5.10 Å². The summed E-state index contributed by atoms with van der Waals surface area (Å²) in [6, 6.07) is 11.7. The topological polar surface area (TPSA) is 54.9 Å². The summed E-state index contributed by atoms with van der Waals surface area (Å²) < 4.78 is 24.4. The Kier molecular flexibility index (Phi) is 8.25. The number of hydrogen-bond acceptors (Lipinski definition) is 4. The number of hydrogen-bond donors (Lipinski definition) is 2. The van der Waals surface area contributed by atoms with Gasteiger partial charge in [-0.15, -0.1) is 6.58 Å². The largest absolute Gasteiger partial charge is 0.490 e. The molecule has 2 aromatic rings. The molecule has 2 aromatic carbocycles. The van der Waals surface area contributed by atoms with Crippen LogP contribution in [0.2, 0.25) is 0 Å². The predicted octanol–water partition coefficient (Wildman–Crippen LogP) is 3.79. The first-order chi connectivity index (χ1) is 13.1. The number of thiocarbonyl (C=S) groups is 1. The zero-order chi connectivity index (χ0) is 19.5. The molecule has 0 unspecified atom stereocenters. The van der Waals surface area contributed by atoms with Crippen LogP contribution in [0.15, 0.2) is 60.2 Å². The number of nitrogens with zero attached hydrogens (tertiary/aromatic N) is 1. The van der Waals surface area contributed by atoms with Gasteiger partial charge in [-0.2, -0.15) is 5.10 Å². The second-order valence-corrected chi connectivity index (χ2v) is 5.83. The summed E-state index contributed by atoms with van der Waals surface area (Å²) in [7, 11) is 0. The van der Waals surface area contributed by atoms with Gasteiger partial charge in [0.15, 0.2) is 16.6 Å². The Bertz CT molecular complexity index is 794. The minimum absolute atomic E-state index is 0.273. The first kappa shape index (κ1) is 20.4. The van der Waals surface area contributed by atoms with Crippen molar-refractivity contribution in [3.05, 3.63) is 72.1 Å². The van der Waals surface area contributed by atoms with Crippen molar-refractivity contribution in [1.82, 2.24) is 10.7 Å². The summed E-state index contributed by atoms with van der Waals surface area (Å²) in [5.74, 6) is 0.940. The smallest absolute Gasteiger partial charge is 0.187 e. The first-order valence-corrected chi connectivity index (χ1v) is 8.85. The van der Waals surface area contributed by atoms with Crippen LogP contribution in [0, 0.1) is 5.82 Å². The molecular formula is C20H22FN3O2S. The summed E-state index contributed by atoms with van der Waals surface area (Å²) in [4.78, 5) is 0. The van der Waals surface area contributed by atoms with E-state index in [2.05, 4.69) is 22.4 Å². The highest BCUT2D eigenvalue weighted by Crippen LogP contribution is 2.28. The predicted molar refractivity (Wildman–Crippen MR) is 110 cm³/mol. The molecule has 2 rings (SSSR count). The van der Waals surface area contributed by atoms with Crippen molar-refractivity contribution in [3.8, 4) is 11.5 Å². The van der Waals surface area contributed by atoms with Gasteiger partial charge < -0.3 is 14.8 Å². The van der Waals surface area contributed by atoms with Crippen LogP contribution in [0.5, 0.6) is 11.5 Å². The number of benzene rings is 2. The molecule has 0 amide bonds. The monoisotopic (exact) mass is 387 g/mol. The van der Waals surface area contributed by atoms with Gasteiger partial charge in [0.1, 0.15) is 12.4 Å². The minimum Gasteiger partial charge on any atom is -0.490 e. The lowest BCUT2D eigenvalue weighted by Crippen LogP contribution is -2.31. The molecule has 0 bridgehead atoms. The molecule has 0 saturated heterocycles. The molecule has 5 nitrogen and oxygen atoms in total. The Hall–Kier alpha value is -2.93. The average Bonchev–Trinajstić information content (AvgIpc) is 2.67. The molecule has 0 aliphatic rings. The molecule has 0 aliphatic carbocycles. The summed E-state index contributed by atoms with van der Waals surface area (Å²) in [6.07, 6.45) is 3.34. The summed E-state index contributed by atoms with van der Waals surface area (Å²) in [5, 5.41) is 7.41. The van der Waals surface area contributed by atoms with Gasteiger partial charge in [0.2, 0.25) is 0 Å². The Labute approximate surface area is 163 Å². The number of ether oxygens (including phenoxy) is 2. The van der Waals surface area contributed by atoms with E-state index in [0.717, 1.165) is 11.1 Å². The molecule has 0 saturated carbocycles. The van der Waals surface area contributed by atoms with Crippen molar-refractivity contribution >= 4 is 23.5 Å². The van der Waals surface area contributed by atoms with Gasteiger partial charge in [-0.1, -0.05) is 18.2 Å². The van der Waals surface area contributed by atoms with Crippen LogP contribution < -0.4 is 20.2 Å². The second-order valence-electron chi connectivity index (χ2n) is 5.42.